The minimum Gasteiger partial charge on any atom is -0.382 e. The molecule has 0 bridgehead atoms. The molecular formula is C11H20N6O3S. The molecule has 1 aromatic heterocycles. The Hall–Kier alpha value is -1.65. The topological polar surface area (TPSA) is 105 Å². The molecule has 0 aromatic carbocycles. The van der Waals surface area contributed by atoms with Gasteiger partial charge in [-0.25, -0.2) is 0 Å². The Morgan fingerprint density at radius 2 is 1.95 bits per heavy atom. The van der Waals surface area contributed by atoms with Crippen molar-refractivity contribution < 1.29 is 13.2 Å². The molecule has 0 spiro atoms. The van der Waals surface area contributed by atoms with Crippen molar-refractivity contribution in [3.63, 3.8) is 0 Å². The van der Waals surface area contributed by atoms with Crippen molar-refractivity contribution in [2.45, 2.75) is 6.54 Å². The van der Waals surface area contributed by atoms with Gasteiger partial charge in [-0.3, -0.25) is 9.48 Å². The van der Waals surface area contributed by atoms with Crippen LogP contribution >= 0.6 is 0 Å². The molecule has 0 aliphatic carbocycles. The van der Waals surface area contributed by atoms with Crippen LogP contribution < -0.4 is 5.73 Å². The number of nitrogen functional groups attached to an aromatic ring is 1. The lowest BCUT2D eigenvalue weighted by Crippen LogP contribution is -2.53. The van der Waals surface area contributed by atoms with Gasteiger partial charge in [0.15, 0.2) is 0 Å². The van der Waals surface area contributed by atoms with Crippen LogP contribution in [0.25, 0.3) is 0 Å². The van der Waals surface area contributed by atoms with E-state index in [1.807, 2.05) is 0 Å². The zero-order chi connectivity index (χ0) is 15.6. The average Bonchev–Trinajstić information content (AvgIpc) is 2.84. The molecule has 0 unspecified atom stereocenters. The van der Waals surface area contributed by atoms with Crippen molar-refractivity contribution in [1.29, 1.82) is 0 Å². The van der Waals surface area contributed by atoms with E-state index in [1.165, 1.54) is 27.4 Å². The maximum Gasteiger partial charge on any atom is 0.281 e. The molecule has 21 heavy (non-hydrogen) atoms. The van der Waals surface area contributed by atoms with Crippen molar-refractivity contribution in [3.05, 3.63) is 12.3 Å². The van der Waals surface area contributed by atoms with Gasteiger partial charge >= 0.3 is 0 Å². The molecule has 10 heteroatoms. The highest BCUT2D eigenvalue weighted by molar-refractivity contribution is 7.86. The van der Waals surface area contributed by atoms with Gasteiger partial charge < -0.3 is 10.6 Å². The van der Waals surface area contributed by atoms with E-state index in [4.69, 9.17) is 5.73 Å². The Bertz CT molecular complexity index is 603. The largest absolute Gasteiger partial charge is 0.382 e. The first-order valence-corrected chi connectivity index (χ1v) is 7.94. The molecule has 1 aromatic rings. The second-order valence-electron chi connectivity index (χ2n) is 5.01. The zero-order valence-electron chi connectivity index (χ0n) is 12.1. The smallest absolute Gasteiger partial charge is 0.281 e. The van der Waals surface area contributed by atoms with Crippen molar-refractivity contribution >= 4 is 21.9 Å². The van der Waals surface area contributed by atoms with Gasteiger partial charge in [-0.2, -0.15) is 22.1 Å². The summed E-state index contributed by atoms with van der Waals surface area (Å²) < 4.78 is 28.0. The highest BCUT2D eigenvalue weighted by Crippen LogP contribution is 2.10. The van der Waals surface area contributed by atoms with Crippen LogP contribution in [-0.2, 0) is 21.5 Å². The number of rotatable bonds is 4. The van der Waals surface area contributed by atoms with Crippen LogP contribution in [0.1, 0.15) is 0 Å². The van der Waals surface area contributed by atoms with E-state index in [0.717, 1.165) is 0 Å². The Kier molecular flexibility index (Phi) is 4.49. The predicted molar refractivity (Wildman–Crippen MR) is 77.4 cm³/mol. The van der Waals surface area contributed by atoms with Crippen LogP contribution in [0.2, 0.25) is 0 Å². The van der Waals surface area contributed by atoms with Crippen LogP contribution in [0.5, 0.6) is 0 Å². The van der Waals surface area contributed by atoms with E-state index in [2.05, 4.69) is 5.10 Å². The average molecular weight is 316 g/mol. The van der Waals surface area contributed by atoms with Gasteiger partial charge in [0.05, 0.1) is 0 Å². The summed E-state index contributed by atoms with van der Waals surface area (Å²) in [4.78, 5) is 13.8. The summed E-state index contributed by atoms with van der Waals surface area (Å²) in [5.41, 5.74) is 5.49. The van der Waals surface area contributed by atoms with Gasteiger partial charge in [-0.1, -0.05) is 0 Å². The number of piperazine rings is 1. The SMILES string of the molecule is CN(C)S(=O)(=O)N1CCN(C(=O)Cn2ccc(N)n2)CC1. The van der Waals surface area contributed by atoms with Gasteiger partial charge in [0, 0.05) is 46.5 Å². The van der Waals surface area contributed by atoms with Crippen LogP contribution in [0.15, 0.2) is 12.3 Å². The molecule has 0 atom stereocenters. The first-order chi connectivity index (χ1) is 9.80. The zero-order valence-corrected chi connectivity index (χ0v) is 13.0. The monoisotopic (exact) mass is 316 g/mol. The molecule has 1 saturated heterocycles. The maximum absolute atomic E-state index is 12.1. The van der Waals surface area contributed by atoms with Crippen LogP contribution in [-0.4, -0.2) is 77.9 Å². The van der Waals surface area contributed by atoms with Gasteiger partial charge in [0.2, 0.25) is 5.91 Å². The van der Waals surface area contributed by atoms with Crippen molar-refractivity contribution in [1.82, 2.24) is 23.3 Å². The molecule has 1 fully saturated rings. The fourth-order valence-corrected chi connectivity index (χ4v) is 3.19. The summed E-state index contributed by atoms with van der Waals surface area (Å²) in [7, 11) is -0.420. The summed E-state index contributed by atoms with van der Waals surface area (Å²) in [6.45, 7) is 1.46. The number of nitrogens with two attached hydrogens (primary N) is 1. The number of carbonyl (C=O) groups is 1. The minimum atomic E-state index is -3.41. The summed E-state index contributed by atoms with van der Waals surface area (Å²) in [5, 5.41) is 3.96. The predicted octanol–water partition coefficient (Wildman–Crippen LogP) is -1.58. The standard InChI is InChI=1S/C11H20N6O3S/c1-14(2)21(19,20)17-7-5-15(6-8-17)11(18)9-16-4-3-10(12)13-16/h3-4H,5-9H2,1-2H3,(H2,12,13). The third-order valence-electron chi connectivity index (χ3n) is 3.34. The molecule has 0 radical (unpaired) electrons. The van der Waals surface area contributed by atoms with Crippen LogP contribution in [0.4, 0.5) is 5.82 Å². The molecule has 2 N–H and O–H groups in total. The van der Waals surface area contributed by atoms with Gasteiger partial charge in [0.1, 0.15) is 12.4 Å². The van der Waals surface area contributed by atoms with Crippen LogP contribution in [0, 0.1) is 0 Å². The van der Waals surface area contributed by atoms with Crippen LogP contribution in [0.3, 0.4) is 0 Å². The number of hydrogen-bond acceptors (Lipinski definition) is 5. The summed E-state index contributed by atoms with van der Waals surface area (Å²) in [5.74, 6) is 0.268. The van der Waals surface area contributed by atoms with Gasteiger partial charge in [0.25, 0.3) is 10.2 Å². The van der Waals surface area contributed by atoms with Gasteiger partial charge in [-0.15, -0.1) is 0 Å². The molecule has 1 amide bonds. The molecule has 0 saturated carbocycles. The Balaban J connectivity index is 1.90. The molecule has 9 nitrogen and oxygen atoms in total. The fourth-order valence-electron chi connectivity index (χ4n) is 2.10. The Morgan fingerprint density at radius 1 is 1.33 bits per heavy atom. The maximum atomic E-state index is 12.1. The molecular weight excluding hydrogens is 296 g/mol. The summed E-state index contributed by atoms with van der Waals surface area (Å²) >= 11 is 0. The Morgan fingerprint density at radius 3 is 2.43 bits per heavy atom. The quantitative estimate of drug-likeness (QED) is 0.721. The van der Waals surface area contributed by atoms with E-state index in [0.29, 0.717) is 32.0 Å². The normalized spacial score (nSPS) is 17.4. The number of amides is 1. The molecule has 2 rings (SSSR count). The van der Waals surface area contributed by atoms with Crippen molar-refractivity contribution in [2.75, 3.05) is 46.0 Å². The van der Waals surface area contributed by atoms with E-state index < -0.39 is 10.2 Å². The number of nitrogens with zero attached hydrogens (tertiary/aromatic N) is 5. The number of anilines is 1. The second kappa shape index (κ2) is 6.00. The van der Waals surface area contributed by atoms with Crippen molar-refractivity contribution in [2.24, 2.45) is 0 Å². The fraction of sp³-hybridized carbons (Fsp3) is 0.636. The lowest BCUT2D eigenvalue weighted by molar-refractivity contribution is -0.133. The highest BCUT2D eigenvalue weighted by atomic mass is 32.2. The molecule has 118 valence electrons. The highest BCUT2D eigenvalue weighted by Gasteiger charge is 2.30. The second-order valence-corrected chi connectivity index (χ2v) is 7.15. The number of carbonyl (C=O) groups excluding carboxylic acids is 1. The van der Waals surface area contributed by atoms with E-state index in [9.17, 15) is 13.2 Å². The number of hydrogen-bond donors (Lipinski definition) is 1. The van der Waals surface area contributed by atoms with E-state index in [1.54, 1.807) is 17.2 Å². The molecule has 2 heterocycles. The molecule has 1 aliphatic heterocycles. The van der Waals surface area contributed by atoms with E-state index >= 15 is 0 Å². The summed E-state index contributed by atoms with van der Waals surface area (Å²) in [6.07, 6.45) is 1.64. The first kappa shape index (κ1) is 15.7. The third kappa shape index (κ3) is 3.52. The minimum absolute atomic E-state index is 0.0972. The van der Waals surface area contributed by atoms with Crippen molar-refractivity contribution in [3.8, 4) is 0 Å². The Labute approximate surface area is 124 Å². The number of aromatic nitrogens is 2. The van der Waals surface area contributed by atoms with Gasteiger partial charge in [-0.05, 0) is 6.07 Å². The summed E-state index contributed by atoms with van der Waals surface area (Å²) in [6, 6.07) is 1.62. The molecule has 1 aliphatic rings. The lowest BCUT2D eigenvalue weighted by atomic mass is 10.3. The lowest BCUT2D eigenvalue weighted by Gasteiger charge is -2.35. The third-order valence-corrected chi connectivity index (χ3v) is 5.28. The first-order valence-electron chi connectivity index (χ1n) is 6.55. The van der Waals surface area contributed by atoms with E-state index in [-0.39, 0.29) is 12.5 Å².